The molecule has 0 bridgehead atoms. The summed E-state index contributed by atoms with van der Waals surface area (Å²) in [6.07, 6.45) is 1.12. The third kappa shape index (κ3) is 4.82. The minimum atomic E-state index is -0.598. The van der Waals surface area contributed by atoms with E-state index in [1.807, 2.05) is 67.8 Å². The summed E-state index contributed by atoms with van der Waals surface area (Å²) in [6, 6.07) is 17.2. The van der Waals surface area contributed by atoms with E-state index >= 15 is 0 Å². The number of Topliss-reactive ketones (excluding diaryl/α,β-unsaturated/α-hetero) is 1. The number of dihydropyridines is 1. The van der Waals surface area contributed by atoms with Crippen LogP contribution in [0.3, 0.4) is 0 Å². The minimum absolute atomic E-state index is 0.0291. The second-order valence-electron chi connectivity index (χ2n) is 8.78. The van der Waals surface area contributed by atoms with Crippen molar-refractivity contribution in [1.82, 2.24) is 5.32 Å². The molecule has 0 unspecified atom stereocenters. The van der Waals surface area contributed by atoms with Crippen molar-refractivity contribution < 1.29 is 23.5 Å². The highest BCUT2D eigenvalue weighted by atomic mass is 32.1. The Kier molecular flexibility index (Phi) is 6.59. The van der Waals surface area contributed by atoms with Gasteiger partial charge in [0, 0.05) is 34.2 Å². The predicted octanol–water partition coefficient (Wildman–Crippen LogP) is 5.63. The average Bonchev–Trinajstić information content (AvgIpc) is 3.53. The van der Waals surface area contributed by atoms with Gasteiger partial charge in [-0.15, -0.1) is 11.3 Å². The molecule has 3 heterocycles. The zero-order valence-electron chi connectivity index (χ0n) is 19.7. The van der Waals surface area contributed by atoms with Crippen molar-refractivity contribution in [3.63, 3.8) is 0 Å². The van der Waals surface area contributed by atoms with E-state index in [4.69, 9.17) is 13.9 Å². The van der Waals surface area contributed by atoms with Gasteiger partial charge in [0.05, 0.1) is 11.5 Å². The Morgan fingerprint density at radius 3 is 2.60 bits per heavy atom. The number of hydrogen-bond acceptors (Lipinski definition) is 7. The first-order valence-corrected chi connectivity index (χ1v) is 12.6. The monoisotopic (exact) mass is 489 g/mol. The zero-order valence-corrected chi connectivity index (χ0v) is 20.5. The van der Waals surface area contributed by atoms with Gasteiger partial charge in [0.25, 0.3) is 0 Å². The number of ether oxygens (including phenoxy) is 2. The standard InChI is InChI=1S/C28H27NO5S/c1-17-10-11-23(34-17)27-25(28(31)33-13-12-32-20-7-4-3-5-8-20)18(2)29-21-15-19(16-22(30)26(21)27)24-9-6-14-35-24/h3-11,14,19,27,29H,12-13,15-16H2,1-2H3/t19-,27-/m0/s1. The summed E-state index contributed by atoms with van der Waals surface area (Å²) < 4.78 is 17.2. The number of esters is 1. The lowest BCUT2D eigenvalue weighted by atomic mass is 9.74. The molecule has 1 N–H and O–H groups in total. The molecule has 5 rings (SSSR count). The fraction of sp³-hybridized carbons (Fsp3) is 0.286. The van der Waals surface area contributed by atoms with Crippen LogP contribution in [-0.2, 0) is 14.3 Å². The number of furan rings is 1. The van der Waals surface area contributed by atoms with E-state index in [2.05, 4.69) is 11.4 Å². The number of rotatable bonds is 7. The SMILES string of the molecule is CC1=C(C(=O)OCCOc2ccccc2)[C@H](c2ccc(C)o2)C2=C(C[C@H](c3cccs3)CC2=O)N1. The third-order valence-electron chi connectivity index (χ3n) is 6.37. The van der Waals surface area contributed by atoms with E-state index in [-0.39, 0.29) is 24.9 Å². The van der Waals surface area contributed by atoms with E-state index in [1.165, 1.54) is 4.88 Å². The number of benzene rings is 1. The Bertz CT molecular complexity index is 1290. The van der Waals surface area contributed by atoms with Gasteiger partial charge in [0.15, 0.2) is 5.78 Å². The second kappa shape index (κ2) is 9.96. The van der Waals surface area contributed by atoms with Crippen LogP contribution in [0.5, 0.6) is 5.75 Å². The highest BCUT2D eigenvalue weighted by Gasteiger charge is 2.43. The van der Waals surface area contributed by atoms with Gasteiger partial charge in [-0.3, -0.25) is 4.79 Å². The van der Waals surface area contributed by atoms with Crippen LogP contribution < -0.4 is 10.1 Å². The van der Waals surface area contributed by atoms with Crippen molar-refractivity contribution in [2.45, 2.75) is 38.5 Å². The summed E-state index contributed by atoms with van der Waals surface area (Å²) in [6.45, 7) is 4.03. The van der Waals surface area contributed by atoms with Crippen molar-refractivity contribution in [3.05, 3.63) is 98.9 Å². The smallest absolute Gasteiger partial charge is 0.336 e. The normalized spacial score (nSPS) is 19.9. The average molecular weight is 490 g/mol. The molecule has 3 aromatic rings. The highest BCUT2D eigenvalue weighted by molar-refractivity contribution is 7.10. The van der Waals surface area contributed by atoms with Gasteiger partial charge in [-0.25, -0.2) is 4.79 Å². The van der Waals surface area contributed by atoms with Crippen molar-refractivity contribution in [1.29, 1.82) is 0 Å². The summed E-state index contributed by atoms with van der Waals surface area (Å²) in [5.41, 5.74) is 2.54. The van der Waals surface area contributed by atoms with Crippen LogP contribution in [0.25, 0.3) is 0 Å². The maximum Gasteiger partial charge on any atom is 0.336 e. The first-order valence-electron chi connectivity index (χ1n) is 11.7. The molecule has 2 atom stereocenters. The maximum atomic E-state index is 13.5. The number of thiophene rings is 1. The van der Waals surface area contributed by atoms with Crippen LogP contribution in [0.4, 0.5) is 0 Å². The van der Waals surface area contributed by atoms with Crippen molar-refractivity contribution in [2.75, 3.05) is 13.2 Å². The van der Waals surface area contributed by atoms with Gasteiger partial charge in [-0.2, -0.15) is 0 Å². The molecule has 1 aliphatic heterocycles. The summed E-state index contributed by atoms with van der Waals surface area (Å²) >= 11 is 1.67. The maximum absolute atomic E-state index is 13.5. The summed E-state index contributed by atoms with van der Waals surface area (Å²) in [5, 5.41) is 5.40. The number of aryl methyl sites for hydroxylation is 1. The molecule has 1 aliphatic carbocycles. The van der Waals surface area contributed by atoms with Crippen LogP contribution in [-0.4, -0.2) is 25.0 Å². The van der Waals surface area contributed by atoms with Crippen molar-refractivity contribution >= 4 is 23.1 Å². The lowest BCUT2D eigenvalue weighted by molar-refractivity contribution is -0.140. The zero-order chi connectivity index (χ0) is 24.4. The summed E-state index contributed by atoms with van der Waals surface area (Å²) in [5.74, 6) is 1.09. The first-order chi connectivity index (χ1) is 17.0. The minimum Gasteiger partial charge on any atom is -0.490 e. The van der Waals surface area contributed by atoms with Gasteiger partial charge in [-0.1, -0.05) is 24.3 Å². The number of nitrogens with one attached hydrogen (secondary N) is 1. The fourth-order valence-corrected chi connectivity index (χ4v) is 5.65. The molecule has 6 nitrogen and oxygen atoms in total. The summed E-state index contributed by atoms with van der Waals surface area (Å²) in [4.78, 5) is 28.0. The number of allylic oxidation sites excluding steroid dienone is 3. The highest BCUT2D eigenvalue weighted by Crippen LogP contribution is 2.46. The van der Waals surface area contributed by atoms with Crippen LogP contribution in [0.2, 0.25) is 0 Å². The topological polar surface area (TPSA) is 77.8 Å². The quantitative estimate of drug-likeness (QED) is 0.342. The molecule has 0 fully saturated rings. The van der Waals surface area contributed by atoms with Crippen LogP contribution in [0, 0.1) is 6.92 Å². The van der Waals surface area contributed by atoms with E-state index in [1.54, 1.807) is 11.3 Å². The Morgan fingerprint density at radius 1 is 1.06 bits per heavy atom. The number of hydrogen-bond donors (Lipinski definition) is 1. The van der Waals surface area contributed by atoms with Crippen molar-refractivity contribution in [2.24, 2.45) is 0 Å². The predicted molar refractivity (Wildman–Crippen MR) is 133 cm³/mol. The van der Waals surface area contributed by atoms with Gasteiger partial charge in [0.1, 0.15) is 30.5 Å². The van der Waals surface area contributed by atoms with Gasteiger partial charge in [-0.05, 0) is 56.0 Å². The van der Waals surface area contributed by atoms with E-state index in [0.717, 1.165) is 11.5 Å². The first kappa shape index (κ1) is 23.2. The lowest BCUT2D eigenvalue weighted by Crippen LogP contribution is -2.36. The molecule has 0 radical (unpaired) electrons. The number of ketones is 1. The van der Waals surface area contributed by atoms with Crippen LogP contribution >= 0.6 is 11.3 Å². The van der Waals surface area contributed by atoms with Crippen LogP contribution in [0.1, 0.15) is 48.0 Å². The molecule has 0 saturated carbocycles. The van der Waals surface area contributed by atoms with Gasteiger partial charge >= 0.3 is 5.97 Å². The fourth-order valence-electron chi connectivity index (χ4n) is 4.82. The molecule has 0 amide bonds. The van der Waals surface area contributed by atoms with Gasteiger partial charge < -0.3 is 19.2 Å². The van der Waals surface area contributed by atoms with Crippen molar-refractivity contribution in [3.8, 4) is 5.75 Å². The Labute approximate surface area is 208 Å². The summed E-state index contributed by atoms with van der Waals surface area (Å²) in [7, 11) is 0. The van der Waals surface area contributed by atoms with Gasteiger partial charge in [0.2, 0.25) is 0 Å². The van der Waals surface area contributed by atoms with E-state index < -0.39 is 11.9 Å². The Hall–Kier alpha value is -3.58. The molecule has 2 aromatic heterocycles. The molecule has 7 heteroatoms. The Morgan fingerprint density at radius 2 is 1.89 bits per heavy atom. The molecular formula is C28H27NO5S. The molecule has 180 valence electrons. The molecule has 0 saturated heterocycles. The van der Waals surface area contributed by atoms with Crippen LogP contribution in [0.15, 0.2) is 86.9 Å². The van der Waals surface area contributed by atoms with E-state index in [0.29, 0.717) is 41.2 Å². The Balaban J connectivity index is 1.39. The number of para-hydroxylation sites is 1. The van der Waals surface area contributed by atoms with E-state index in [9.17, 15) is 9.59 Å². The lowest BCUT2D eigenvalue weighted by Gasteiger charge is -2.35. The largest absolute Gasteiger partial charge is 0.490 e. The number of carbonyl (C=O) groups excluding carboxylic acids is 2. The molecule has 35 heavy (non-hydrogen) atoms. The molecule has 2 aliphatic rings. The molecule has 1 aromatic carbocycles. The number of carbonyl (C=O) groups is 2. The molecule has 0 spiro atoms. The molecular weight excluding hydrogens is 462 g/mol. The third-order valence-corrected chi connectivity index (χ3v) is 7.40. The second-order valence-corrected chi connectivity index (χ2v) is 9.76.